The third-order valence-corrected chi connectivity index (χ3v) is 4.23. The first-order valence-corrected chi connectivity index (χ1v) is 7.02. The van der Waals surface area contributed by atoms with Gasteiger partial charge in [0.05, 0.1) is 5.02 Å². The van der Waals surface area contributed by atoms with Crippen LogP contribution in [0.2, 0.25) is 10.0 Å². The summed E-state index contributed by atoms with van der Waals surface area (Å²) in [6, 6.07) is 3.82. The third-order valence-electron chi connectivity index (χ3n) is 3.44. The summed E-state index contributed by atoms with van der Waals surface area (Å²) in [7, 11) is 0. The highest BCUT2D eigenvalue weighted by atomic mass is 35.5. The summed E-state index contributed by atoms with van der Waals surface area (Å²) in [6.45, 7) is 6.06. The molecule has 1 atom stereocenters. The molecule has 1 saturated heterocycles. The van der Waals surface area contributed by atoms with Crippen molar-refractivity contribution in [3.63, 3.8) is 0 Å². The van der Waals surface area contributed by atoms with Crippen molar-refractivity contribution in [2.45, 2.75) is 19.4 Å². The average Bonchev–Trinajstić information content (AvgIpc) is 2.41. The van der Waals surface area contributed by atoms with Gasteiger partial charge in [-0.1, -0.05) is 36.2 Å². The van der Waals surface area contributed by atoms with Crippen molar-refractivity contribution in [3.05, 3.63) is 27.7 Å². The summed E-state index contributed by atoms with van der Waals surface area (Å²) < 4.78 is 0. The van der Waals surface area contributed by atoms with E-state index in [-0.39, 0.29) is 16.8 Å². The quantitative estimate of drug-likeness (QED) is 0.897. The number of phenolic OH excluding ortho intramolecular Hbond substituents is 1. The largest absolute Gasteiger partial charge is 0.506 e. The molecule has 1 aliphatic heterocycles. The molecule has 0 unspecified atom stereocenters. The Balaban J connectivity index is 2.29. The summed E-state index contributed by atoms with van der Waals surface area (Å²) in [6.07, 6.45) is 0.936. The Morgan fingerprint density at radius 1 is 1.33 bits per heavy atom. The number of hydrogen-bond donors (Lipinski definition) is 2. The summed E-state index contributed by atoms with van der Waals surface area (Å²) in [5.41, 5.74) is 0.869. The van der Waals surface area contributed by atoms with Crippen LogP contribution in [0, 0.1) is 0 Å². The van der Waals surface area contributed by atoms with E-state index in [2.05, 4.69) is 17.1 Å². The molecule has 5 heteroatoms. The molecule has 3 nitrogen and oxygen atoms in total. The van der Waals surface area contributed by atoms with Crippen LogP contribution in [0.1, 0.15) is 24.9 Å². The van der Waals surface area contributed by atoms with Crippen LogP contribution in [-0.4, -0.2) is 36.2 Å². The van der Waals surface area contributed by atoms with Gasteiger partial charge in [-0.05, 0) is 12.5 Å². The summed E-state index contributed by atoms with van der Waals surface area (Å²) >= 11 is 11.9. The van der Waals surface area contributed by atoms with Crippen LogP contribution < -0.4 is 5.32 Å². The van der Waals surface area contributed by atoms with Crippen LogP contribution in [0.4, 0.5) is 0 Å². The highest BCUT2D eigenvalue weighted by Gasteiger charge is 2.24. The number of nitrogens with zero attached hydrogens (tertiary/aromatic N) is 1. The normalized spacial score (nSPS) is 18.8. The van der Waals surface area contributed by atoms with E-state index in [0.717, 1.165) is 38.2 Å². The van der Waals surface area contributed by atoms with Crippen molar-refractivity contribution in [2.75, 3.05) is 26.2 Å². The fourth-order valence-corrected chi connectivity index (χ4v) is 2.82. The van der Waals surface area contributed by atoms with Gasteiger partial charge in [0.25, 0.3) is 0 Å². The lowest BCUT2D eigenvalue weighted by Gasteiger charge is -2.35. The molecule has 2 N–H and O–H groups in total. The second-order valence-electron chi connectivity index (χ2n) is 4.51. The molecule has 1 aromatic carbocycles. The van der Waals surface area contributed by atoms with Crippen LogP contribution in [0.3, 0.4) is 0 Å². The molecule has 0 aromatic heterocycles. The first kappa shape index (κ1) is 13.9. The van der Waals surface area contributed by atoms with E-state index in [1.165, 1.54) is 0 Å². The first-order valence-electron chi connectivity index (χ1n) is 6.26. The van der Waals surface area contributed by atoms with Gasteiger partial charge in [-0.15, -0.1) is 0 Å². The smallest absolute Gasteiger partial charge is 0.140 e. The lowest BCUT2D eigenvalue weighted by atomic mass is 10.0. The molecule has 0 bridgehead atoms. The van der Waals surface area contributed by atoms with Gasteiger partial charge in [0, 0.05) is 37.8 Å². The Hall–Kier alpha value is -0.480. The second kappa shape index (κ2) is 6.11. The van der Waals surface area contributed by atoms with Crippen LogP contribution in [0.25, 0.3) is 0 Å². The molecule has 18 heavy (non-hydrogen) atoms. The Kier molecular flexibility index (Phi) is 4.73. The number of piperazine rings is 1. The zero-order valence-corrected chi connectivity index (χ0v) is 11.9. The van der Waals surface area contributed by atoms with Crippen molar-refractivity contribution >= 4 is 23.2 Å². The third kappa shape index (κ3) is 2.75. The lowest BCUT2D eigenvalue weighted by Crippen LogP contribution is -2.45. The standard InChI is InChI=1S/C13H18Cl2N2O/c1-2-11(17-7-5-16-6-8-17)9-3-4-10(14)12(15)13(9)18/h3-4,11,16,18H,2,5-8H2,1H3/t11-/m0/s1. The van der Waals surface area contributed by atoms with Gasteiger partial charge in [0.1, 0.15) is 10.8 Å². The van der Waals surface area contributed by atoms with Crippen molar-refractivity contribution < 1.29 is 5.11 Å². The molecule has 1 aliphatic rings. The highest BCUT2D eigenvalue weighted by molar-refractivity contribution is 6.43. The van der Waals surface area contributed by atoms with Crippen molar-refractivity contribution in [2.24, 2.45) is 0 Å². The monoisotopic (exact) mass is 288 g/mol. The molecule has 1 aromatic rings. The Labute approximate surface area is 118 Å². The van der Waals surface area contributed by atoms with Gasteiger partial charge in [-0.2, -0.15) is 0 Å². The summed E-state index contributed by atoms with van der Waals surface area (Å²) in [5.74, 6) is 0.120. The zero-order valence-electron chi connectivity index (χ0n) is 10.4. The maximum atomic E-state index is 10.2. The summed E-state index contributed by atoms with van der Waals surface area (Å²) in [4.78, 5) is 2.37. The fraction of sp³-hybridized carbons (Fsp3) is 0.538. The topological polar surface area (TPSA) is 35.5 Å². The lowest BCUT2D eigenvalue weighted by molar-refractivity contribution is 0.167. The first-order chi connectivity index (χ1) is 8.65. The minimum Gasteiger partial charge on any atom is -0.506 e. The van der Waals surface area contributed by atoms with E-state index in [0.29, 0.717) is 5.02 Å². The van der Waals surface area contributed by atoms with Crippen LogP contribution in [-0.2, 0) is 0 Å². The Bertz CT molecular complexity index is 420. The van der Waals surface area contributed by atoms with E-state index in [1.54, 1.807) is 6.07 Å². The number of nitrogens with one attached hydrogen (secondary N) is 1. The SMILES string of the molecule is CC[C@@H](c1ccc(Cl)c(Cl)c1O)N1CCNCC1. The molecule has 0 spiro atoms. The van der Waals surface area contributed by atoms with E-state index in [9.17, 15) is 5.11 Å². The molecule has 0 radical (unpaired) electrons. The van der Waals surface area contributed by atoms with E-state index < -0.39 is 0 Å². The summed E-state index contributed by atoms with van der Waals surface area (Å²) in [5, 5.41) is 14.1. The molecular formula is C13H18Cl2N2O. The molecule has 0 saturated carbocycles. The maximum absolute atomic E-state index is 10.2. The van der Waals surface area contributed by atoms with Crippen LogP contribution in [0.5, 0.6) is 5.75 Å². The molecule has 2 rings (SSSR count). The Morgan fingerprint density at radius 2 is 2.00 bits per heavy atom. The maximum Gasteiger partial charge on any atom is 0.140 e. The van der Waals surface area contributed by atoms with E-state index in [4.69, 9.17) is 23.2 Å². The van der Waals surface area contributed by atoms with Gasteiger partial charge in [-0.25, -0.2) is 0 Å². The van der Waals surface area contributed by atoms with E-state index in [1.807, 2.05) is 6.07 Å². The van der Waals surface area contributed by atoms with Gasteiger partial charge in [0.15, 0.2) is 0 Å². The molecule has 1 heterocycles. The number of phenols is 1. The minimum absolute atomic E-state index is 0.120. The van der Waals surface area contributed by atoms with Crippen molar-refractivity contribution in [3.8, 4) is 5.75 Å². The zero-order chi connectivity index (χ0) is 13.1. The molecule has 100 valence electrons. The van der Waals surface area contributed by atoms with Crippen LogP contribution in [0.15, 0.2) is 12.1 Å². The predicted octanol–water partition coefficient (Wildman–Crippen LogP) is 3.06. The Morgan fingerprint density at radius 3 is 2.61 bits per heavy atom. The van der Waals surface area contributed by atoms with Gasteiger partial charge >= 0.3 is 0 Å². The van der Waals surface area contributed by atoms with Gasteiger partial charge in [-0.3, -0.25) is 4.90 Å². The van der Waals surface area contributed by atoms with Crippen LogP contribution >= 0.6 is 23.2 Å². The number of hydrogen-bond acceptors (Lipinski definition) is 3. The molecule has 1 fully saturated rings. The van der Waals surface area contributed by atoms with Gasteiger partial charge in [0.2, 0.25) is 0 Å². The average molecular weight is 289 g/mol. The fourth-order valence-electron chi connectivity index (χ4n) is 2.49. The minimum atomic E-state index is 0.120. The molecular weight excluding hydrogens is 271 g/mol. The number of halogens is 2. The van der Waals surface area contributed by atoms with Gasteiger partial charge < -0.3 is 10.4 Å². The molecule has 0 aliphatic carbocycles. The van der Waals surface area contributed by atoms with Crippen molar-refractivity contribution in [1.82, 2.24) is 10.2 Å². The number of benzene rings is 1. The van der Waals surface area contributed by atoms with E-state index >= 15 is 0 Å². The van der Waals surface area contributed by atoms with Crippen molar-refractivity contribution in [1.29, 1.82) is 0 Å². The number of rotatable bonds is 3. The molecule has 0 amide bonds. The highest BCUT2D eigenvalue weighted by Crippen LogP contribution is 2.39. The number of aromatic hydroxyl groups is 1. The predicted molar refractivity (Wildman–Crippen MR) is 75.6 cm³/mol. The second-order valence-corrected chi connectivity index (χ2v) is 5.29.